The van der Waals surface area contributed by atoms with Crippen molar-refractivity contribution in [3.8, 4) is 17.0 Å². The lowest BCUT2D eigenvalue weighted by Crippen LogP contribution is -2.19. The molecule has 0 atom stereocenters. The van der Waals surface area contributed by atoms with Crippen molar-refractivity contribution >= 4 is 11.0 Å². The van der Waals surface area contributed by atoms with Gasteiger partial charge in [0.25, 0.3) is 0 Å². The molecule has 0 aliphatic heterocycles. The molecular formula is C17H15F2N3O2. The first-order valence-electron chi connectivity index (χ1n) is 7.77. The summed E-state index contributed by atoms with van der Waals surface area (Å²) in [5.74, 6) is -2.42. The van der Waals surface area contributed by atoms with Gasteiger partial charge in [-0.3, -0.25) is 4.79 Å². The molecule has 0 bridgehead atoms. The second-order valence-corrected chi connectivity index (χ2v) is 6.11. The minimum Gasteiger partial charge on any atom is -0.503 e. The molecule has 124 valence electrons. The zero-order chi connectivity index (χ0) is 17.0. The maximum atomic E-state index is 14.1. The summed E-state index contributed by atoms with van der Waals surface area (Å²) in [5, 5.41) is 14.9. The van der Waals surface area contributed by atoms with Crippen LogP contribution in [0, 0.1) is 18.6 Å². The molecule has 1 fully saturated rings. The first-order chi connectivity index (χ1) is 11.5. The van der Waals surface area contributed by atoms with Gasteiger partial charge in [0, 0.05) is 0 Å². The normalized spacial score (nSPS) is 15.0. The monoisotopic (exact) mass is 331 g/mol. The topological polar surface area (TPSA) is 70.9 Å². The molecule has 0 saturated heterocycles. The SMILES string of the molecule is Cc1nn(C2CCC2)c2[nH]c(-c3c(F)cccc3F)c(O)c(=O)c12. The summed E-state index contributed by atoms with van der Waals surface area (Å²) in [6, 6.07) is 3.54. The summed E-state index contributed by atoms with van der Waals surface area (Å²) in [6.45, 7) is 1.68. The van der Waals surface area contributed by atoms with Crippen LogP contribution in [0.5, 0.6) is 5.75 Å². The van der Waals surface area contributed by atoms with Gasteiger partial charge in [0.2, 0.25) is 5.43 Å². The number of aromatic amines is 1. The Morgan fingerprint density at radius 1 is 1.29 bits per heavy atom. The number of fused-ring (bicyclic) bond motifs is 1. The summed E-state index contributed by atoms with van der Waals surface area (Å²) in [4.78, 5) is 15.4. The average molecular weight is 331 g/mol. The number of benzene rings is 1. The molecule has 1 aromatic carbocycles. The molecule has 1 aliphatic carbocycles. The van der Waals surface area contributed by atoms with E-state index in [0.29, 0.717) is 11.3 Å². The molecule has 0 unspecified atom stereocenters. The van der Waals surface area contributed by atoms with E-state index in [1.807, 2.05) is 0 Å². The lowest BCUT2D eigenvalue weighted by atomic mass is 9.93. The fourth-order valence-corrected chi connectivity index (χ4v) is 3.16. The van der Waals surface area contributed by atoms with E-state index < -0.39 is 28.4 Å². The maximum absolute atomic E-state index is 14.1. The standard InChI is InChI=1S/C17H15F2N3O2/c1-8-12-15(23)16(24)14(13-10(18)6-3-7-11(13)19)20-17(12)22(21-8)9-4-2-5-9/h3,6-7,9,24H,2,4-5H2,1H3,(H,20,23). The van der Waals surface area contributed by atoms with E-state index in [0.717, 1.165) is 31.4 Å². The van der Waals surface area contributed by atoms with E-state index in [2.05, 4.69) is 10.1 Å². The Morgan fingerprint density at radius 2 is 1.96 bits per heavy atom. The lowest BCUT2D eigenvalue weighted by Gasteiger charge is -2.26. The van der Waals surface area contributed by atoms with Crippen molar-refractivity contribution < 1.29 is 13.9 Å². The number of nitrogens with one attached hydrogen (secondary N) is 1. The fraction of sp³-hybridized carbons (Fsp3) is 0.294. The Balaban J connectivity index is 2.07. The van der Waals surface area contributed by atoms with Crippen molar-refractivity contribution in [3.05, 3.63) is 45.8 Å². The van der Waals surface area contributed by atoms with Crippen LogP contribution < -0.4 is 5.43 Å². The molecule has 4 rings (SSSR count). The van der Waals surface area contributed by atoms with Gasteiger partial charge >= 0.3 is 0 Å². The zero-order valence-electron chi connectivity index (χ0n) is 12.9. The molecule has 1 saturated carbocycles. The van der Waals surface area contributed by atoms with Gasteiger partial charge in [0.1, 0.15) is 17.3 Å². The molecule has 0 radical (unpaired) electrons. The first kappa shape index (κ1) is 14.9. The summed E-state index contributed by atoms with van der Waals surface area (Å²) in [5.41, 5.74) is -0.521. The first-order valence-corrected chi connectivity index (χ1v) is 7.77. The van der Waals surface area contributed by atoms with Crippen molar-refractivity contribution in [3.63, 3.8) is 0 Å². The van der Waals surface area contributed by atoms with Gasteiger partial charge in [-0.25, -0.2) is 13.5 Å². The number of nitrogens with zero attached hydrogens (tertiary/aromatic N) is 2. The van der Waals surface area contributed by atoms with Crippen LogP contribution in [-0.2, 0) is 0 Å². The highest BCUT2D eigenvalue weighted by Gasteiger charge is 2.27. The Hall–Kier alpha value is -2.70. The number of aromatic hydroxyl groups is 1. The molecule has 1 aliphatic rings. The second-order valence-electron chi connectivity index (χ2n) is 6.11. The third kappa shape index (κ3) is 1.97. The summed E-state index contributed by atoms with van der Waals surface area (Å²) >= 11 is 0. The smallest absolute Gasteiger partial charge is 0.235 e. The number of H-pyrrole nitrogens is 1. The summed E-state index contributed by atoms with van der Waals surface area (Å²) in [6.07, 6.45) is 2.94. The van der Waals surface area contributed by atoms with E-state index in [1.165, 1.54) is 6.07 Å². The van der Waals surface area contributed by atoms with Gasteiger partial charge in [-0.1, -0.05) is 6.07 Å². The largest absolute Gasteiger partial charge is 0.503 e. The Kier molecular flexibility index (Phi) is 3.19. The Labute approximate surface area is 135 Å². The highest BCUT2D eigenvalue weighted by molar-refractivity contribution is 5.84. The van der Waals surface area contributed by atoms with E-state index in [4.69, 9.17) is 0 Å². The molecule has 7 heteroatoms. The van der Waals surface area contributed by atoms with Gasteiger partial charge < -0.3 is 10.1 Å². The molecule has 0 spiro atoms. The number of rotatable bonds is 2. The van der Waals surface area contributed by atoms with E-state index in [1.54, 1.807) is 11.6 Å². The minimum atomic E-state index is -0.855. The Morgan fingerprint density at radius 3 is 2.54 bits per heavy atom. The number of aryl methyl sites for hydroxylation is 1. The van der Waals surface area contributed by atoms with Crippen molar-refractivity contribution in [2.75, 3.05) is 0 Å². The number of hydrogen-bond acceptors (Lipinski definition) is 3. The summed E-state index contributed by atoms with van der Waals surface area (Å²) < 4.78 is 29.9. The highest BCUT2D eigenvalue weighted by Crippen LogP contribution is 2.36. The lowest BCUT2D eigenvalue weighted by molar-refractivity contribution is 0.295. The number of aromatic nitrogens is 3. The fourth-order valence-electron chi connectivity index (χ4n) is 3.16. The molecule has 24 heavy (non-hydrogen) atoms. The van der Waals surface area contributed by atoms with Crippen LogP contribution in [-0.4, -0.2) is 19.9 Å². The van der Waals surface area contributed by atoms with Gasteiger partial charge in [0.05, 0.1) is 28.4 Å². The summed E-state index contributed by atoms with van der Waals surface area (Å²) in [7, 11) is 0. The maximum Gasteiger partial charge on any atom is 0.235 e. The minimum absolute atomic E-state index is 0.153. The predicted octanol–water partition coefficient (Wildman–Crippen LogP) is 3.41. The van der Waals surface area contributed by atoms with Crippen LogP contribution in [0.15, 0.2) is 23.0 Å². The molecule has 5 nitrogen and oxygen atoms in total. The van der Waals surface area contributed by atoms with Gasteiger partial charge in [-0.15, -0.1) is 0 Å². The van der Waals surface area contributed by atoms with Crippen LogP contribution in [0.1, 0.15) is 31.0 Å². The number of pyridine rings is 1. The third-order valence-corrected chi connectivity index (χ3v) is 4.64. The van der Waals surface area contributed by atoms with E-state index >= 15 is 0 Å². The second kappa shape index (κ2) is 5.15. The number of halogens is 2. The van der Waals surface area contributed by atoms with Gasteiger partial charge in [0.15, 0.2) is 5.75 Å². The van der Waals surface area contributed by atoms with Crippen molar-refractivity contribution in [2.45, 2.75) is 32.2 Å². The molecule has 2 N–H and O–H groups in total. The zero-order valence-corrected chi connectivity index (χ0v) is 12.9. The third-order valence-electron chi connectivity index (χ3n) is 4.64. The Bertz CT molecular complexity index is 999. The quantitative estimate of drug-likeness (QED) is 0.756. The average Bonchev–Trinajstić information content (AvgIpc) is 2.79. The number of hydrogen-bond donors (Lipinski definition) is 2. The molecule has 2 heterocycles. The molecule has 3 aromatic rings. The predicted molar refractivity (Wildman–Crippen MR) is 85.0 cm³/mol. The van der Waals surface area contributed by atoms with Crippen molar-refractivity contribution in [2.24, 2.45) is 0 Å². The van der Waals surface area contributed by atoms with Crippen LogP contribution >= 0.6 is 0 Å². The molecular weight excluding hydrogens is 316 g/mol. The molecule has 2 aromatic heterocycles. The van der Waals surface area contributed by atoms with Crippen LogP contribution in [0.3, 0.4) is 0 Å². The van der Waals surface area contributed by atoms with Crippen molar-refractivity contribution in [1.29, 1.82) is 0 Å². The van der Waals surface area contributed by atoms with Gasteiger partial charge in [-0.2, -0.15) is 5.10 Å². The van der Waals surface area contributed by atoms with E-state index in [-0.39, 0.29) is 17.1 Å². The van der Waals surface area contributed by atoms with Crippen LogP contribution in [0.4, 0.5) is 8.78 Å². The van der Waals surface area contributed by atoms with Gasteiger partial charge in [-0.05, 0) is 38.3 Å². The van der Waals surface area contributed by atoms with Crippen LogP contribution in [0.25, 0.3) is 22.3 Å². The molecule has 0 amide bonds. The highest BCUT2D eigenvalue weighted by atomic mass is 19.1. The van der Waals surface area contributed by atoms with E-state index in [9.17, 15) is 18.7 Å². The van der Waals surface area contributed by atoms with Crippen LogP contribution in [0.2, 0.25) is 0 Å². The van der Waals surface area contributed by atoms with Crippen molar-refractivity contribution in [1.82, 2.24) is 14.8 Å².